The summed E-state index contributed by atoms with van der Waals surface area (Å²) in [5.74, 6) is -1.08. The zero-order valence-electron chi connectivity index (χ0n) is 11.3. The van der Waals surface area contributed by atoms with E-state index in [-0.39, 0.29) is 17.5 Å². The van der Waals surface area contributed by atoms with E-state index in [1.807, 2.05) is 17.1 Å². The molecule has 1 saturated heterocycles. The van der Waals surface area contributed by atoms with Gasteiger partial charge >= 0.3 is 5.97 Å². The Morgan fingerprint density at radius 2 is 2.29 bits per heavy atom. The van der Waals surface area contributed by atoms with Crippen molar-refractivity contribution < 1.29 is 18.7 Å². The summed E-state index contributed by atoms with van der Waals surface area (Å²) < 4.78 is 26.0. The van der Waals surface area contributed by atoms with Gasteiger partial charge in [0.15, 0.2) is 0 Å². The summed E-state index contributed by atoms with van der Waals surface area (Å²) >= 11 is 0. The number of aliphatic carboxylic acids is 1. The highest BCUT2D eigenvalue weighted by Crippen LogP contribution is 2.36. The molecule has 0 aromatic carbocycles. The normalized spacial score (nSPS) is 28.2. The van der Waals surface area contributed by atoms with Gasteiger partial charge < -0.3 is 5.11 Å². The molecule has 0 saturated carbocycles. The van der Waals surface area contributed by atoms with Gasteiger partial charge in [0.05, 0.1) is 5.92 Å². The summed E-state index contributed by atoms with van der Waals surface area (Å²) in [5.41, 5.74) is 0.444. The minimum absolute atomic E-state index is 0.0743. The highest BCUT2D eigenvalue weighted by Gasteiger charge is 2.41. The number of aromatic nitrogens is 1. The van der Waals surface area contributed by atoms with Crippen molar-refractivity contribution in [1.29, 1.82) is 0 Å². The van der Waals surface area contributed by atoms with Crippen molar-refractivity contribution in [1.82, 2.24) is 9.88 Å². The fraction of sp³-hybridized carbons (Fsp3) is 0.467. The molecule has 3 heterocycles. The molecule has 0 spiro atoms. The Labute approximate surface area is 121 Å². The van der Waals surface area contributed by atoms with Crippen molar-refractivity contribution in [3.05, 3.63) is 41.7 Å². The lowest BCUT2D eigenvalue weighted by Gasteiger charge is -2.45. The number of halogens is 2. The number of hydrogen-bond donors (Lipinski definition) is 1. The van der Waals surface area contributed by atoms with Gasteiger partial charge in [-0.2, -0.15) is 0 Å². The second-order valence-electron chi connectivity index (χ2n) is 5.62. The van der Waals surface area contributed by atoms with Crippen molar-refractivity contribution in [3.8, 4) is 0 Å². The number of carboxylic acid groups (broad SMARTS) is 1. The molecular weight excluding hydrogens is 278 g/mol. The zero-order valence-corrected chi connectivity index (χ0v) is 11.3. The lowest BCUT2D eigenvalue weighted by molar-refractivity contribution is -0.146. The van der Waals surface area contributed by atoms with Crippen LogP contribution in [0.1, 0.15) is 24.0 Å². The van der Waals surface area contributed by atoms with E-state index >= 15 is 0 Å². The molecule has 0 radical (unpaired) electrons. The first-order chi connectivity index (χ1) is 10.1. The molecular formula is C15H16F2N2O2. The van der Waals surface area contributed by atoms with Gasteiger partial charge in [0.25, 0.3) is 6.43 Å². The number of piperidine rings is 1. The zero-order chi connectivity index (χ0) is 15.0. The Bertz CT molecular complexity index is 577. The predicted octanol–water partition coefficient (Wildman–Crippen LogP) is 2.48. The van der Waals surface area contributed by atoms with Crippen molar-refractivity contribution in [2.24, 2.45) is 11.8 Å². The van der Waals surface area contributed by atoms with Crippen LogP contribution in [-0.2, 0) is 11.3 Å². The number of carbonyl (C=O) groups is 1. The van der Waals surface area contributed by atoms with Gasteiger partial charge in [0.2, 0.25) is 0 Å². The van der Waals surface area contributed by atoms with Gasteiger partial charge in [-0.3, -0.25) is 14.7 Å². The highest BCUT2D eigenvalue weighted by molar-refractivity contribution is 5.72. The van der Waals surface area contributed by atoms with E-state index in [2.05, 4.69) is 4.98 Å². The molecule has 1 N–H and O–H groups in total. The van der Waals surface area contributed by atoms with E-state index in [9.17, 15) is 18.7 Å². The van der Waals surface area contributed by atoms with Crippen LogP contribution in [0.4, 0.5) is 8.78 Å². The Balaban J connectivity index is 1.83. The monoisotopic (exact) mass is 294 g/mol. The number of nitrogens with zero attached hydrogens (tertiary/aromatic N) is 2. The molecule has 2 aliphatic heterocycles. The van der Waals surface area contributed by atoms with E-state index < -0.39 is 18.3 Å². The second kappa shape index (κ2) is 5.52. The summed E-state index contributed by atoms with van der Waals surface area (Å²) in [4.78, 5) is 17.1. The third-order valence-corrected chi connectivity index (χ3v) is 4.31. The lowest BCUT2D eigenvalue weighted by Crippen LogP contribution is -2.52. The van der Waals surface area contributed by atoms with Gasteiger partial charge in [-0.1, -0.05) is 12.2 Å². The van der Waals surface area contributed by atoms with Crippen molar-refractivity contribution in [3.63, 3.8) is 0 Å². The van der Waals surface area contributed by atoms with E-state index in [0.717, 1.165) is 6.54 Å². The maximum atomic E-state index is 13.0. The van der Waals surface area contributed by atoms with Crippen molar-refractivity contribution >= 4 is 5.97 Å². The lowest BCUT2D eigenvalue weighted by atomic mass is 9.77. The molecule has 1 aromatic rings. The van der Waals surface area contributed by atoms with Crippen LogP contribution in [-0.4, -0.2) is 33.5 Å². The number of fused-ring (bicyclic) bond motifs is 2. The van der Waals surface area contributed by atoms with Crippen LogP contribution in [0.15, 0.2) is 30.6 Å². The van der Waals surface area contributed by atoms with Crippen LogP contribution in [0.3, 0.4) is 0 Å². The Hall–Kier alpha value is -1.82. The number of hydrogen-bond acceptors (Lipinski definition) is 3. The third-order valence-electron chi connectivity index (χ3n) is 4.31. The molecule has 1 aliphatic carbocycles. The van der Waals surface area contributed by atoms with E-state index in [1.54, 1.807) is 6.07 Å². The summed E-state index contributed by atoms with van der Waals surface area (Å²) in [7, 11) is 0. The maximum Gasteiger partial charge on any atom is 0.308 e. The second-order valence-corrected chi connectivity index (χ2v) is 5.62. The molecule has 3 atom stereocenters. The van der Waals surface area contributed by atoms with Crippen LogP contribution in [0.2, 0.25) is 0 Å². The molecule has 4 rings (SSSR count). The first-order valence-electron chi connectivity index (χ1n) is 6.92. The summed E-state index contributed by atoms with van der Waals surface area (Å²) in [6.45, 7) is 1.05. The quantitative estimate of drug-likeness (QED) is 0.867. The summed E-state index contributed by atoms with van der Waals surface area (Å²) in [6, 6.07) is 1.37. The van der Waals surface area contributed by atoms with Gasteiger partial charge in [0, 0.05) is 37.1 Å². The first kappa shape index (κ1) is 14.1. The Morgan fingerprint density at radius 3 is 2.95 bits per heavy atom. The third kappa shape index (κ3) is 2.68. The van der Waals surface area contributed by atoms with Crippen LogP contribution >= 0.6 is 0 Å². The SMILES string of the molecule is O=C(O)C1CC2C=CC1N(Cc1ccncc1C(F)F)C2. The molecule has 21 heavy (non-hydrogen) atoms. The Kier molecular flexibility index (Phi) is 3.71. The summed E-state index contributed by atoms with van der Waals surface area (Å²) in [6.07, 6.45) is 4.69. The number of rotatable bonds is 4. The minimum atomic E-state index is -2.57. The molecule has 2 bridgehead atoms. The molecule has 1 aromatic heterocycles. The number of alkyl halides is 2. The number of carboxylic acids is 1. The van der Waals surface area contributed by atoms with Gasteiger partial charge in [-0.25, -0.2) is 8.78 Å². The van der Waals surface area contributed by atoms with Gasteiger partial charge in [-0.05, 0) is 24.0 Å². The smallest absolute Gasteiger partial charge is 0.308 e. The van der Waals surface area contributed by atoms with E-state index in [1.165, 1.54) is 12.4 Å². The fourth-order valence-electron chi connectivity index (χ4n) is 3.30. The Morgan fingerprint density at radius 1 is 1.48 bits per heavy atom. The molecule has 1 fully saturated rings. The van der Waals surface area contributed by atoms with Crippen LogP contribution in [0.25, 0.3) is 0 Å². The average molecular weight is 294 g/mol. The van der Waals surface area contributed by atoms with Crippen LogP contribution in [0.5, 0.6) is 0 Å². The topological polar surface area (TPSA) is 53.4 Å². The average Bonchev–Trinajstić information content (AvgIpc) is 2.48. The largest absolute Gasteiger partial charge is 0.481 e. The fourth-order valence-corrected chi connectivity index (χ4v) is 3.30. The molecule has 6 heteroatoms. The van der Waals surface area contributed by atoms with Gasteiger partial charge in [0.1, 0.15) is 0 Å². The van der Waals surface area contributed by atoms with Gasteiger partial charge in [-0.15, -0.1) is 0 Å². The molecule has 4 nitrogen and oxygen atoms in total. The molecule has 0 amide bonds. The van der Waals surface area contributed by atoms with E-state index in [4.69, 9.17) is 0 Å². The van der Waals surface area contributed by atoms with Crippen LogP contribution < -0.4 is 0 Å². The highest BCUT2D eigenvalue weighted by atomic mass is 19.3. The number of pyridine rings is 1. The van der Waals surface area contributed by atoms with Crippen molar-refractivity contribution in [2.45, 2.75) is 25.4 Å². The van der Waals surface area contributed by atoms with Crippen LogP contribution in [0, 0.1) is 11.8 Å². The molecule has 3 unspecified atom stereocenters. The first-order valence-corrected chi connectivity index (χ1v) is 6.92. The van der Waals surface area contributed by atoms with Crippen molar-refractivity contribution in [2.75, 3.05) is 6.54 Å². The molecule has 112 valence electrons. The molecule has 3 aliphatic rings. The maximum absolute atomic E-state index is 13.0. The standard InChI is InChI=1S/C15H16F2N2O2/c16-14(17)12-6-18-4-3-10(12)8-19-7-9-1-2-13(19)11(5-9)15(20)21/h1-4,6,9,11,13-14H,5,7-8H2,(H,20,21). The summed E-state index contributed by atoms with van der Waals surface area (Å²) in [5, 5.41) is 9.30. The van der Waals surface area contributed by atoms with E-state index in [0.29, 0.717) is 18.5 Å². The minimum Gasteiger partial charge on any atom is -0.481 e. The predicted molar refractivity (Wildman–Crippen MR) is 71.8 cm³/mol.